The number of likely N-dealkylation sites (N-methyl/N-ethyl adjacent to an activating group) is 1. The highest BCUT2D eigenvalue weighted by Crippen LogP contribution is 2.38. The Balaban J connectivity index is 0.00000450. The molecule has 0 saturated heterocycles. The molecular formula is C21H35IN6O2. The number of carbonyl (C=O) groups is 2. The summed E-state index contributed by atoms with van der Waals surface area (Å²) in [5.74, 6) is 0.668. The fraction of sp³-hybridized carbons (Fsp3) is 0.619. The van der Waals surface area contributed by atoms with Crippen LogP contribution in [0.15, 0.2) is 29.4 Å². The van der Waals surface area contributed by atoms with Crippen molar-refractivity contribution in [1.29, 1.82) is 0 Å². The molecule has 8 nitrogen and oxygen atoms in total. The molecule has 1 aromatic rings. The molecule has 2 N–H and O–H groups in total. The van der Waals surface area contributed by atoms with Crippen molar-refractivity contribution in [1.82, 2.24) is 25.4 Å². The maximum atomic E-state index is 12.7. The number of hydrogen-bond acceptors (Lipinski definition) is 4. The van der Waals surface area contributed by atoms with Crippen molar-refractivity contribution >= 4 is 41.8 Å². The number of rotatable bonds is 8. The standard InChI is InChI=1S/C21H34N6O2.HI/c1-22-20(25-16-21(11-6-7-12-21)19(29)26(2)3)24-15-18(28)27(4)14-10-17-9-5-8-13-23-17;/h5,8-9,13H,6-7,10-12,14-16H2,1-4H3,(H2,22,24,25);1H. The van der Waals surface area contributed by atoms with Crippen LogP contribution in [-0.2, 0) is 16.0 Å². The van der Waals surface area contributed by atoms with Gasteiger partial charge in [0.2, 0.25) is 11.8 Å². The summed E-state index contributed by atoms with van der Waals surface area (Å²) in [5.41, 5.74) is 0.579. The third kappa shape index (κ3) is 7.41. The lowest BCUT2D eigenvalue weighted by Crippen LogP contribution is -2.50. The number of hydrogen-bond donors (Lipinski definition) is 2. The Kier molecular flexibility index (Phi) is 11.1. The molecule has 1 saturated carbocycles. The van der Waals surface area contributed by atoms with Gasteiger partial charge < -0.3 is 20.4 Å². The summed E-state index contributed by atoms with van der Waals surface area (Å²) in [4.78, 5) is 36.9. The van der Waals surface area contributed by atoms with Gasteiger partial charge in [-0.25, -0.2) is 0 Å². The number of guanidine groups is 1. The van der Waals surface area contributed by atoms with Crippen LogP contribution in [-0.4, -0.2) is 80.4 Å². The van der Waals surface area contributed by atoms with Crippen molar-refractivity contribution < 1.29 is 9.59 Å². The molecular weight excluding hydrogens is 495 g/mol. The van der Waals surface area contributed by atoms with Gasteiger partial charge in [0, 0.05) is 59.6 Å². The van der Waals surface area contributed by atoms with E-state index in [-0.39, 0.29) is 47.8 Å². The van der Waals surface area contributed by atoms with Crippen molar-refractivity contribution in [2.75, 3.05) is 47.8 Å². The van der Waals surface area contributed by atoms with Gasteiger partial charge in [0.05, 0.1) is 12.0 Å². The van der Waals surface area contributed by atoms with Crippen LogP contribution in [0.4, 0.5) is 0 Å². The fourth-order valence-corrected chi connectivity index (χ4v) is 3.71. The summed E-state index contributed by atoms with van der Waals surface area (Å²) in [6, 6.07) is 5.78. The first-order valence-corrected chi connectivity index (χ1v) is 10.2. The normalized spacial score (nSPS) is 15.1. The predicted molar refractivity (Wildman–Crippen MR) is 130 cm³/mol. The van der Waals surface area contributed by atoms with Crippen LogP contribution in [0.5, 0.6) is 0 Å². The van der Waals surface area contributed by atoms with Gasteiger partial charge in [0.1, 0.15) is 0 Å². The Morgan fingerprint density at radius 3 is 2.43 bits per heavy atom. The first kappa shape index (κ1) is 26.1. The third-order valence-corrected chi connectivity index (χ3v) is 5.50. The largest absolute Gasteiger partial charge is 0.355 e. The molecule has 9 heteroatoms. The van der Waals surface area contributed by atoms with Gasteiger partial charge in [-0.15, -0.1) is 24.0 Å². The number of amides is 2. The van der Waals surface area contributed by atoms with Crippen LogP contribution in [0.2, 0.25) is 0 Å². The summed E-state index contributed by atoms with van der Waals surface area (Å²) >= 11 is 0. The summed E-state index contributed by atoms with van der Waals surface area (Å²) < 4.78 is 0. The Bertz CT molecular complexity index is 705. The van der Waals surface area contributed by atoms with Gasteiger partial charge >= 0.3 is 0 Å². The zero-order chi connectivity index (χ0) is 21.3. The number of nitrogens with one attached hydrogen (secondary N) is 2. The third-order valence-electron chi connectivity index (χ3n) is 5.50. The van der Waals surface area contributed by atoms with E-state index in [1.54, 1.807) is 44.2 Å². The molecule has 30 heavy (non-hydrogen) atoms. The van der Waals surface area contributed by atoms with Crippen molar-refractivity contribution in [2.24, 2.45) is 10.4 Å². The molecule has 1 fully saturated rings. The van der Waals surface area contributed by atoms with E-state index in [9.17, 15) is 9.59 Å². The van der Waals surface area contributed by atoms with Crippen LogP contribution < -0.4 is 10.6 Å². The van der Waals surface area contributed by atoms with Gasteiger partial charge in [0.25, 0.3) is 0 Å². The summed E-state index contributed by atoms with van der Waals surface area (Å²) in [5, 5.41) is 6.32. The lowest BCUT2D eigenvalue weighted by Gasteiger charge is -2.31. The summed E-state index contributed by atoms with van der Waals surface area (Å²) in [6.07, 6.45) is 6.35. The minimum atomic E-state index is -0.384. The monoisotopic (exact) mass is 530 g/mol. The second-order valence-corrected chi connectivity index (χ2v) is 7.85. The Morgan fingerprint density at radius 1 is 1.17 bits per heavy atom. The highest BCUT2D eigenvalue weighted by Gasteiger charge is 2.42. The summed E-state index contributed by atoms with van der Waals surface area (Å²) in [7, 11) is 7.05. The van der Waals surface area contributed by atoms with Crippen LogP contribution in [0.1, 0.15) is 31.4 Å². The Morgan fingerprint density at radius 2 is 1.87 bits per heavy atom. The topological polar surface area (TPSA) is 89.9 Å². The highest BCUT2D eigenvalue weighted by molar-refractivity contribution is 14.0. The molecule has 1 aromatic heterocycles. The highest BCUT2D eigenvalue weighted by atomic mass is 127. The van der Waals surface area contributed by atoms with E-state index in [1.165, 1.54) is 0 Å². The van der Waals surface area contributed by atoms with Gasteiger partial charge in [-0.1, -0.05) is 18.9 Å². The molecule has 1 aliphatic rings. The first-order chi connectivity index (χ1) is 13.9. The number of carbonyl (C=O) groups excluding carboxylic acids is 2. The number of aromatic nitrogens is 1. The van der Waals surface area contributed by atoms with Gasteiger partial charge in [-0.05, 0) is 25.0 Å². The summed E-state index contributed by atoms with van der Waals surface area (Å²) in [6.45, 7) is 1.27. The first-order valence-electron chi connectivity index (χ1n) is 10.2. The molecule has 0 aliphatic heterocycles. The lowest BCUT2D eigenvalue weighted by atomic mass is 9.84. The second kappa shape index (κ2) is 12.7. The van der Waals surface area contributed by atoms with Crippen LogP contribution in [0.3, 0.4) is 0 Å². The maximum absolute atomic E-state index is 12.7. The second-order valence-electron chi connectivity index (χ2n) is 7.85. The Hall–Kier alpha value is -1.91. The number of nitrogens with zero attached hydrogens (tertiary/aromatic N) is 4. The molecule has 0 bridgehead atoms. The van der Waals surface area contributed by atoms with E-state index in [4.69, 9.17) is 0 Å². The number of halogens is 1. The van der Waals surface area contributed by atoms with Crippen molar-refractivity contribution in [3.8, 4) is 0 Å². The molecule has 1 heterocycles. The van der Waals surface area contributed by atoms with Gasteiger partial charge in [-0.2, -0.15) is 0 Å². The predicted octanol–water partition coefficient (Wildman–Crippen LogP) is 1.51. The minimum Gasteiger partial charge on any atom is -0.355 e. The molecule has 2 amide bonds. The SMILES string of the molecule is CN=C(NCC(=O)N(C)CCc1ccccn1)NCC1(C(=O)N(C)C)CCCC1.I. The quantitative estimate of drug-likeness (QED) is 0.302. The molecule has 0 aromatic carbocycles. The van der Waals surface area contributed by atoms with E-state index in [0.29, 0.717) is 25.5 Å². The van der Waals surface area contributed by atoms with E-state index < -0.39 is 0 Å². The zero-order valence-electron chi connectivity index (χ0n) is 18.5. The van der Waals surface area contributed by atoms with Gasteiger partial charge in [-0.3, -0.25) is 19.6 Å². The van der Waals surface area contributed by atoms with E-state index in [1.807, 2.05) is 18.2 Å². The van der Waals surface area contributed by atoms with E-state index in [2.05, 4.69) is 20.6 Å². The van der Waals surface area contributed by atoms with E-state index in [0.717, 1.165) is 31.4 Å². The van der Waals surface area contributed by atoms with Crippen molar-refractivity contribution in [3.05, 3.63) is 30.1 Å². The average molecular weight is 530 g/mol. The smallest absolute Gasteiger partial charge is 0.241 e. The zero-order valence-corrected chi connectivity index (χ0v) is 20.8. The fourth-order valence-electron chi connectivity index (χ4n) is 3.71. The lowest BCUT2D eigenvalue weighted by molar-refractivity contribution is -0.139. The Labute approximate surface area is 196 Å². The molecule has 168 valence electrons. The van der Waals surface area contributed by atoms with Crippen molar-refractivity contribution in [2.45, 2.75) is 32.1 Å². The van der Waals surface area contributed by atoms with Crippen LogP contribution in [0, 0.1) is 5.41 Å². The maximum Gasteiger partial charge on any atom is 0.241 e. The van der Waals surface area contributed by atoms with E-state index >= 15 is 0 Å². The molecule has 1 aliphatic carbocycles. The average Bonchev–Trinajstić information content (AvgIpc) is 3.22. The number of pyridine rings is 1. The van der Waals surface area contributed by atoms with Crippen LogP contribution >= 0.6 is 24.0 Å². The molecule has 0 spiro atoms. The van der Waals surface area contributed by atoms with Crippen LogP contribution in [0.25, 0.3) is 0 Å². The minimum absolute atomic E-state index is 0. The molecule has 0 atom stereocenters. The molecule has 2 rings (SSSR count). The molecule has 0 unspecified atom stereocenters. The molecule has 0 radical (unpaired) electrons. The van der Waals surface area contributed by atoms with Gasteiger partial charge in [0.15, 0.2) is 5.96 Å². The van der Waals surface area contributed by atoms with Crippen molar-refractivity contribution in [3.63, 3.8) is 0 Å². The number of aliphatic imine (C=N–C) groups is 1.